The van der Waals surface area contributed by atoms with Crippen molar-refractivity contribution in [1.29, 1.82) is 0 Å². The van der Waals surface area contributed by atoms with Gasteiger partial charge in [-0.3, -0.25) is 19.9 Å². The second kappa shape index (κ2) is 8.54. The highest BCUT2D eigenvalue weighted by molar-refractivity contribution is 7.15. The van der Waals surface area contributed by atoms with Crippen LogP contribution in [0.1, 0.15) is 31.8 Å². The van der Waals surface area contributed by atoms with Crippen molar-refractivity contribution in [3.63, 3.8) is 0 Å². The van der Waals surface area contributed by atoms with E-state index in [9.17, 15) is 9.59 Å². The molecule has 0 aromatic carbocycles. The Kier molecular flexibility index (Phi) is 5.92. The van der Waals surface area contributed by atoms with Crippen LogP contribution in [0.3, 0.4) is 0 Å². The molecule has 2 amide bonds. The van der Waals surface area contributed by atoms with Crippen LogP contribution in [0.15, 0.2) is 24.5 Å². The lowest BCUT2D eigenvalue weighted by Gasteiger charge is -2.03. The average Bonchev–Trinajstić information content (AvgIpc) is 3.28. The second-order valence-electron chi connectivity index (χ2n) is 5.22. The molecular weight excluding hydrogens is 374 g/mol. The molecule has 0 unspecified atom stereocenters. The monoisotopic (exact) mass is 389 g/mol. The summed E-state index contributed by atoms with van der Waals surface area (Å²) in [5, 5.41) is 22.9. The zero-order valence-corrected chi connectivity index (χ0v) is 15.4. The van der Waals surface area contributed by atoms with E-state index in [0.29, 0.717) is 23.1 Å². The molecule has 0 fully saturated rings. The van der Waals surface area contributed by atoms with Crippen LogP contribution < -0.4 is 10.6 Å². The highest BCUT2D eigenvalue weighted by Gasteiger charge is 2.15. The highest BCUT2D eigenvalue weighted by atomic mass is 32.1. The first-order valence-electron chi connectivity index (χ1n) is 7.69. The maximum Gasteiger partial charge on any atom is 0.288 e. The Morgan fingerprint density at radius 2 is 2.04 bits per heavy atom. The summed E-state index contributed by atoms with van der Waals surface area (Å²) in [6, 6.07) is 3.71. The van der Waals surface area contributed by atoms with E-state index in [1.54, 1.807) is 19.3 Å². The quantitative estimate of drug-likeness (QED) is 0.629. The van der Waals surface area contributed by atoms with Crippen molar-refractivity contribution in [3.05, 3.63) is 45.1 Å². The predicted octanol–water partition coefficient (Wildman–Crippen LogP) is 1.59. The fourth-order valence-electron chi connectivity index (χ4n) is 1.96. The Morgan fingerprint density at radius 3 is 2.77 bits per heavy atom. The number of amides is 2. The van der Waals surface area contributed by atoms with Gasteiger partial charge in [-0.25, -0.2) is 0 Å². The van der Waals surface area contributed by atoms with Crippen LogP contribution in [0.5, 0.6) is 0 Å². The molecule has 0 aliphatic heterocycles. The molecule has 26 heavy (non-hydrogen) atoms. The topological polar surface area (TPSA) is 123 Å². The fraction of sp³-hybridized carbons (Fsp3) is 0.267. The molecule has 3 aromatic heterocycles. The number of hydrogen-bond donors (Lipinski definition) is 2. The van der Waals surface area contributed by atoms with Crippen LogP contribution in [0.2, 0.25) is 0 Å². The summed E-state index contributed by atoms with van der Waals surface area (Å²) in [7, 11) is 0. The summed E-state index contributed by atoms with van der Waals surface area (Å²) in [6.45, 7) is 2.23. The molecule has 0 atom stereocenters. The molecule has 0 bridgehead atoms. The number of aromatic nitrogens is 5. The first kappa shape index (κ1) is 18.0. The number of carbonyl (C=O) groups excluding carboxylic acids is 2. The number of hydrogen-bond acceptors (Lipinski definition) is 9. The number of pyridine rings is 1. The second-order valence-corrected chi connectivity index (χ2v) is 7.46. The smallest absolute Gasteiger partial charge is 0.288 e. The van der Waals surface area contributed by atoms with E-state index in [1.807, 2.05) is 12.1 Å². The van der Waals surface area contributed by atoms with Gasteiger partial charge in [-0.05, 0) is 18.6 Å². The molecule has 9 nitrogen and oxygen atoms in total. The molecule has 0 saturated carbocycles. The Morgan fingerprint density at radius 1 is 1.15 bits per heavy atom. The van der Waals surface area contributed by atoms with E-state index in [0.717, 1.165) is 21.9 Å². The minimum Gasteiger partial charge on any atom is -0.352 e. The molecule has 2 N–H and O–H groups in total. The van der Waals surface area contributed by atoms with Gasteiger partial charge >= 0.3 is 0 Å². The van der Waals surface area contributed by atoms with Crippen molar-refractivity contribution < 1.29 is 9.59 Å². The summed E-state index contributed by atoms with van der Waals surface area (Å²) in [5.41, 5.74) is 0.933. The third-order valence-electron chi connectivity index (χ3n) is 3.19. The van der Waals surface area contributed by atoms with Crippen LogP contribution in [0.4, 0.5) is 5.13 Å². The lowest BCUT2D eigenvalue weighted by Crippen LogP contribution is -2.23. The fourth-order valence-corrected chi connectivity index (χ4v) is 3.28. The van der Waals surface area contributed by atoms with Crippen molar-refractivity contribution >= 4 is 39.6 Å². The van der Waals surface area contributed by atoms with Crippen LogP contribution >= 0.6 is 22.7 Å². The summed E-state index contributed by atoms with van der Waals surface area (Å²) in [5.74, 6) is -0.481. The lowest BCUT2D eigenvalue weighted by molar-refractivity contribution is -0.121. The van der Waals surface area contributed by atoms with Crippen molar-refractivity contribution in [1.82, 2.24) is 30.7 Å². The largest absolute Gasteiger partial charge is 0.352 e. The van der Waals surface area contributed by atoms with E-state index in [-0.39, 0.29) is 23.2 Å². The first-order valence-corrected chi connectivity index (χ1v) is 9.33. The molecular formula is C15H15N7O2S2. The van der Waals surface area contributed by atoms with Gasteiger partial charge in [-0.15, -0.1) is 20.4 Å². The molecule has 3 rings (SSSR count). The summed E-state index contributed by atoms with van der Waals surface area (Å²) in [6.07, 6.45) is 4.07. The van der Waals surface area contributed by atoms with Gasteiger partial charge in [0.15, 0.2) is 0 Å². The van der Waals surface area contributed by atoms with E-state index in [1.165, 1.54) is 11.3 Å². The molecule has 0 saturated heterocycles. The highest BCUT2D eigenvalue weighted by Crippen LogP contribution is 2.17. The standard InChI is InChI=1S/C15H15N7O2S2/c1-9-19-22-15(25-9)18-13(24)14-21-20-12(26-14)5-4-11(23)17-8-10-3-2-6-16-7-10/h2-3,6-7H,4-5,8H2,1H3,(H,17,23)(H,18,22,24). The zero-order valence-electron chi connectivity index (χ0n) is 13.8. The van der Waals surface area contributed by atoms with Crippen molar-refractivity contribution in [2.75, 3.05) is 5.32 Å². The average molecular weight is 389 g/mol. The van der Waals surface area contributed by atoms with Crippen LogP contribution in [-0.2, 0) is 17.8 Å². The first-order chi connectivity index (χ1) is 12.6. The molecule has 11 heteroatoms. The molecule has 0 spiro atoms. The summed E-state index contributed by atoms with van der Waals surface area (Å²) < 4.78 is 0. The van der Waals surface area contributed by atoms with E-state index >= 15 is 0 Å². The van der Waals surface area contributed by atoms with Gasteiger partial charge in [0, 0.05) is 31.8 Å². The van der Waals surface area contributed by atoms with Gasteiger partial charge in [-0.1, -0.05) is 28.7 Å². The third-order valence-corrected chi connectivity index (χ3v) is 4.92. The number of nitrogens with one attached hydrogen (secondary N) is 2. The van der Waals surface area contributed by atoms with Gasteiger partial charge in [0.1, 0.15) is 10.0 Å². The summed E-state index contributed by atoms with van der Waals surface area (Å²) in [4.78, 5) is 28.0. The molecule has 3 heterocycles. The van der Waals surface area contributed by atoms with Gasteiger partial charge < -0.3 is 5.32 Å². The van der Waals surface area contributed by atoms with E-state index < -0.39 is 0 Å². The van der Waals surface area contributed by atoms with Gasteiger partial charge in [-0.2, -0.15) is 0 Å². The van der Waals surface area contributed by atoms with Gasteiger partial charge in [0.25, 0.3) is 5.91 Å². The molecule has 0 radical (unpaired) electrons. The lowest BCUT2D eigenvalue weighted by atomic mass is 10.2. The van der Waals surface area contributed by atoms with Gasteiger partial charge in [0.05, 0.1) is 0 Å². The SMILES string of the molecule is Cc1nnc(NC(=O)c2nnc(CCC(=O)NCc3cccnc3)s2)s1. The van der Waals surface area contributed by atoms with Crippen molar-refractivity contribution in [3.8, 4) is 0 Å². The third kappa shape index (κ3) is 5.10. The van der Waals surface area contributed by atoms with E-state index in [4.69, 9.17) is 0 Å². The zero-order chi connectivity index (χ0) is 18.4. The number of aryl methyl sites for hydroxylation is 2. The summed E-state index contributed by atoms with van der Waals surface area (Å²) >= 11 is 2.44. The van der Waals surface area contributed by atoms with Crippen molar-refractivity contribution in [2.24, 2.45) is 0 Å². The number of nitrogens with zero attached hydrogens (tertiary/aromatic N) is 5. The molecule has 0 aliphatic rings. The molecule has 0 aliphatic carbocycles. The number of anilines is 1. The molecule has 134 valence electrons. The van der Waals surface area contributed by atoms with Crippen LogP contribution in [0, 0.1) is 6.92 Å². The maximum absolute atomic E-state index is 12.1. The van der Waals surface area contributed by atoms with E-state index in [2.05, 4.69) is 36.0 Å². The van der Waals surface area contributed by atoms with Gasteiger partial charge in [0.2, 0.25) is 16.0 Å². The number of carbonyl (C=O) groups is 2. The normalized spacial score (nSPS) is 10.5. The number of rotatable bonds is 7. The minimum atomic E-state index is -0.383. The van der Waals surface area contributed by atoms with Crippen LogP contribution in [0.25, 0.3) is 0 Å². The Bertz CT molecular complexity index is 894. The van der Waals surface area contributed by atoms with Crippen molar-refractivity contribution in [2.45, 2.75) is 26.3 Å². The minimum absolute atomic E-state index is 0.0978. The van der Waals surface area contributed by atoms with Crippen LogP contribution in [-0.4, -0.2) is 37.2 Å². The Labute approximate surface area is 156 Å². The predicted molar refractivity (Wildman–Crippen MR) is 96.9 cm³/mol. The Hall–Kier alpha value is -2.79. The molecule has 3 aromatic rings. The Balaban J connectivity index is 1.45. The maximum atomic E-state index is 12.1.